The van der Waals surface area contributed by atoms with Gasteiger partial charge in [0.25, 0.3) is 5.91 Å². The first-order valence-corrected chi connectivity index (χ1v) is 11.4. The molecule has 0 N–H and O–H groups in total. The van der Waals surface area contributed by atoms with Crippen molar-refractivity contribution in [1.29, 1.82) is 0 Å². The quantitative estimate of drug-likeness (QED) is 0.406. The summed E-state index contributed by atoms with van der Waals surface area (Å²) in [6.45, 7) is 5.43. The maximum absolute atomic E-state index is 13.0. The minimum absolute atomic E-state index is 0.0337. The van der Waals surface area contributed by atoms with Crippen LogP contribution in [-0.2, 0) is 11.4 Å². The number of nitrogens with zero attached hydrogens (tertiary/aromatic N) is 2. The van der Waals surface area contributed by atoms with Crippen LogP contribution in [-0.4, -0.2) is 29.1 Å². The summed E-state index contributed by atoms with van der Waals surface area (Å²) in [5, 5.41) is 0.739. The molecule has 2 aromatic carbocycles. The second-order valence-corrected chi connectivity index (χ2v) is 8.86. The van der Waals surface area contributed by atoms with Crippen LogP contribution in [0.15, 0.2) is 55.2 Å². The van der Waals surface area contributed by atoms with E-state index in [1.807, 2.05) is 32.1 Å². The first kappa shape index (κ1) is 22.1. The molecule has 0 atom stereocenters. The lowest BCUT2D eigenvalue weighted by atomic mass is 10.2. The zero-order valence-electron chi connectivity index (χ0n) is 15.9. The second-order valence-electron chi connectivity index (χ2n) is 6.15. The molecule has 0 radical (unpaired) electrons. The number of carbonyl (C=O) groups is 1. The number of amides is 1. The van der Waals surface area contributed by atoms with Gasteiger partial charge in [0, 0.05) is 13.1 Å². The Kier molecular flexibility index (Phi) is 7.54. The van der Waals surface area contributed by atoms with Crippen molar-refractivity contribution >= 4 is 60.8 Å². The predicted octanol–water partition coefficient (Wildman–Crippen LogP) is 6.24. The van der Waals surface area contributed by atoms with Gasteiger partial charge in [0.2, 0.25) is 0 Å². The van der Waals surface area contributed by atoms with Gasteiger partial charge in [-0.3, -0.25) is 14.7 Å². The van der Waals surface area contributed by atoms with Crippen molar-refractivity contribution in [3.63, 3.8) is 0 Å². The summed E-state index contributed by atoms with van der Waals surface area (Å²) in [5.41, 5.74) is 1.73. The summed E-state index contributed by atoms with van der Waals surface area (Å²) < 4.78 is 20.4. The molecule has 29 heavy (non-hydrogen) atoms. The van der Waals surface area contributed by atoms with Crippen molar-refractivity contribution in [2.24, 2.45) is 4.99 Å². The maximum Gasteiger partial charge on any atom is 0.266 e. The van der Waals surface area contributed by atoms with Gasteiger partial charge < -0.3 is 4.74 Å². The number of benzene rings is 2. The number of ether oxygens (including phenoxy) is 1. The van der Waals surface area contributed by atoms with Gasteiger partial charge in [0.15, 0.2) is 5.17 Å². The number of hydrogen-bond donors (Lipinski definition) is 0. The Labute approximate surface area is 190 Å². The summed E-state index contributed by atoms with van der Waals surface area (Å²) in [7, 11) is 0. The number of thioether (sulfide) groups is 1. The first-order chi connectivity index (χ1) is 13.9. The van der Waals surface area contributed by atoms with E-state index >= 15 is 0 Å². The van der Waals surface area contributed by atoms with Gasteiger partial charge in [-0.05, 0) is 98.9 Å². The van der Waals surface area contributed by atoms with Crippen molar-refractivity contribution in [2.45, 2.75) is 20.5 Å². The van der Waals surface area contributed by atoms with Gasteiger partial charge >= 0.3 is 0 Å². The molecule has 1 aliphatic rings. The van der Waals surface area contributed by atoms with Crippen LogP contribution in [0.2, 0.25) is 0 Å². The molecule has 0 spiro atoms. The fourth-order valence-electron chi connectivity index (χ4n) is 2.73. The van der Waals surface area contributed by atoms with E-state index in [4.69, 9.17) is 4.74 Å². The number of amidine groups is 1. The Balaban J connectivity index is 1.80. The van der Waals surface area contributed by atoms with Crippen LogP contribution in [0.3, 0.4) is 0 Å². The van der Waals surface area contributed by atoms with E-state index in [-0.39, 0.29) is 11.7 Å². The molecular formula is C21H19Br2FN2O2S. The van der Waals surface area contributed by atoms with Crippen LogP contribution in [0.25, 0.3) is 6.08 Å². The molecule has 1 heterocycles. The molecule has 0 unspecified atom stereocenters. The summed E-state index contributed by atoms with van der Waals surface area (Å²) in [6.07, 6.45) is 1.85. The molecule has 0 bridgehead atoms. The van der Waals surface area contributed by atoms with E-state index in [1.54, 1.807) is 17.0 Å². The molecule has 0 saturated carbocycles. The summed E-state index contributed by atoms with van der Waals surface area (Å²) in [4.78, 5) is 19.4. The Bertz CT molecular complexity index is 954. The lowest BCUT2D eigenvalue weighted by Crippen LogP contribution is -2.28. The smallest absolute Gasteiger partial charge is 0.266 e. The molecule has 0 aromatic heterocycles. The number of aliphatic imine (C=N–C) groups is 1. The number of halogens is 3. The normalized spacial score (nSPS) is 16.9. The highest BCUT2D eigenvalue weighted by Gasteiger charge is 2.31. The SMILES string of the molecule is CCN=C1S/C(=C/c2cc(Br)c(OCc3ccc(F)cc3)c(Br)c2)C(=O)N1CC. The molecule has 4 nitrogen and oxygen atoms in total. The standard InChI is InChI=1S/C21H19Br2FN2O2S/c1-3-25-21-26(4-2)20(27)18(29-21)11-14-9-16(22)19(17(23)10-14)28-12-13-5-7-15(24)8-6-13/h5-11H,3-4,12H2,1-2H3/b18-11+,25-21?. The Morgan fingerprint density at radius 1 is 1.17 bits per heavy atom. The largest absolute Gasteiger partial charge is 0.487 e. The number of carbonyl (C=O) groups excluding carboxylic acids is 1. The predicted molar refractivity (Wildman–Crippen MR) is 124 cm³/mol. The Morgan fingerprint density at radius 2 is 1.83 bits per heavy atom. The van der Waals surface area contributed by atoms with Gasteiger partial charge in [0.05, 0.1) is 13.9 Å². The zero-order chi connectivity index (χ0) is 21.0. The topological polar surface area (TPSA) is 41.9 Å². The second kappa shape index (κ2) is 9.91. The average Bonchev–Trinajstić information content (AvgIpc) is 2.97. The van der Waals surface area contributed by atoms with Crippen LogP contribution in [0.1, 0.15) is 25.0 Å². The number of rotatable bonds is 6. The van der Waals surface area contributed by atoms with Crippen molar-refractivity contribution < 1.29 is 13.9 Å². The van der Waals surface area contributed by atoms with Crippen molar-refractivity contribution in [3.8, 4) is 5.75 Å². The van der Waals surface area contributed by atoms with E-state index in [1.165, 1.54) is 23.9 Å². The maximum atomic E-state index is 13.0. The van der Waals surface area contributed by atoms with Gasteiger partial charge in [-0.1, -0.05) is 12.1 Å². The lowest BCUT2D eigenvalue weighted by molar-refractivity contribution is -0.122. The Hall–Kier alpha value is -1.64. The summed E-state index contributed by atoms with van der Waals surface area (Å²) >= 11 is 8.47. The van der Waals surface area contributed by atoms with Gasteiger partial charge in [0.1, 0.15) is 18.2 Å². The first-order valence-electron chi connectivity index (χ1n) is 9.05. The third-order valence-electron chi connectivity index (χ3n) is 4.11. The molecule has 3 rings (SSSR count). The van der Waals surface area contributed by atoms with Crippen LogP contribution in [0.5, 0.6) is 5.75 Å². The highest BCUT2D eigenvalue weighted by Crippen LogP contribution is 2.38. The molecule has 1 saturated heterocycles. The minimum atomic E-state index is -0.276. The molecule has 1 amide bonds. The van der Waals surface area contributed by atoms with E-state index in [9.17, 15) is 9.18 Å². The van der Waals surface area contributed by atoms with Gasteiger partial charge in [-0.15, -0.1) is 0 Å². The van der Waals surface area contributed by atoms with E-state index in [0.717, 1.165) is 25.2 Å². The molecule has 2 aromatic rings. The minimum Gasteiger partial charge on any atom is -0.487 e. The van der Waals surface area contributed by atoms with Crippen molar-refractivity contribution in [2.75, 3.05) is 13.1 Å². The van der Waals surface area contributed by atoms with E-state index in [0.29, 0.717) is 30.4 Å². The number of likely N-dealkylation sites (N-methyl/N-ethyl adjacent to an activating group) is 1. The van der Waals surface area contributed by atoms with Crippen LogP contribution < -0.4 is 4.74 Å². The fraction of sp³-hybridized carbons (Fsp3) is 0.238. The molecule has 1 fully saturated rings. The van der Waals surface area contributed by atoms with E-state index < -0.39 is 0 Å². The van der Waals surface area contributed by atoms with Crippen molar-refractivity contribution in [1.82, 2.24) is 4.90 Å². The van der Waals surface area contributed by atoms with E-state index in [2.05, 4.69) is 36.9 Å². The summed E-state index contributed by atoms with van der Waals surface area (Å²) in [5.74, 6) is 0.334. The fourth-order valence-corrected chi connectivity index (χ4v) is 5.28. The highest BCUT2D eigenvalue weighted by atomic mass is 79.9. The third kappa shape index (κ3) is 5.29. The summed E-state index contributed by atoms with van der Waals surface area (Å²) in [6, 6.07) is 9.99. The van der Waals surface area contributed by atoms with Crippen molar-refractivity contribution in [3.05, 3.63) is 67.2 Å². The third-order valence-corrected chi connectivity index (χ3v) is 6.34. The van der Waals surface area contributed by atoms with Crippen LogP contribution in [0, 0.1) is 5.82 Å². The molecule has 0 aliphatic carbocycles. The molecule has 1 aliphatic heterocycles. The lowest BCUT2D eigenvalue weighted by Gasteiger charge is -2.12. The number of hydrogen-bond acceptors (Lipinski definition) is 4. The highest BCUT2D eigenvalue weighted by molar-refractivity contribution is 9.11. The average molecular weight is 542 g/mol. The van der Waals surface area contributed by atoms with Gasteiger partial charge in [-0.25, -0.2) is 4.39 Å². The molecule has 8 heteroatoms. The van der Waals surface area contributed by atoms with Gasteiger partial charge in [-0.2, -0.15) is 0 Å². The monoisotopic (exact) mass is 540 g/mol. The molecular weight excluding hydrogens is 523 g/mol. The molecule has 152 valence electrons. The van der Waals surface area contributed by atoms with Crippen LogP contribution >= 0.6 is 43.6 Å². The van der Waals surface area contributed by atoms with Crippen LogP contribution in [0.4, 0.5) is 4.39 Å². The zero-order valence-corrected chi connectivity index (χ0v) is 19.9. The Morgan fingerprint density at radius 3 is 2.41 bits per heavy atom.